The van der Waals surface area contributed by atoms with Crippen LogP contribution in [-0.2, 0) is 10.4 Å². The van der Waals surface area contributed by atoms with Crippen molar-refractivity contribution in [1.82, 2.24) is 0 Å². The van der Waals surface area contributed by atoms with Crippen molar-refractivity contribution >= 4 is 27.2 Å². The third-order valence-corrected chi connectivity index (χ3v) is 1.22. The molecular weight excluding hydrogens is 214 g/mol. The van der Waals surface area contributed by atoms with Gasteiger partial charge in [0.1, 0.15) is 0 Å². The van der Waals surface area contributed by atoms with Crippen LogP contribution >= 0.6 is 11.6 Å². The number of nitrogens with zero attached hydrogens (tertiary/aromatic N) is 1. The molecule has 0 N–H and O–H groups in total. The summed E-state index contributed by atoms with van der Waals surface area (Å²) in [5.41, 5.74) is 0. The molecule has 0 bridgehead atoms. The average molecular weight is 214 g/mol. The normalized spacial score (nSPS) is 15.2. The molecule has 0 spiro atoms. The Hall–Kier alpha value is -0.370. The number of hydrogen-bond acceptors (Lipinski definition) is 2. The van der Waals surface area contributed by atoms with Crippen molar-refractivity contribution in [1.29, 1.82) is 0 Å². The van der Waals surface area contributed by atoms with Crippen LogP contribution in [0.3, 0.4) is 0 Å². The van der Waals surface area contributed by atoms with Gasteiger partial charge in [-0.2, -0.15) is 21.6 Å². The van der Waals surface area contributed by atoms with Gasteiger partial charge in [0.2, 0.25) is 5.17 Å². The van der Waals surface area contributed by atoms with E-state index >= 15 is 0 Å². The van der Waals surface area contributed by atoms with E-state index in [-0.39, 0.29) is 0 Å². The average Bonchev–Trinajstić information content (AvgIpc) is 1.56. The van der Waals surface area contributed by atoms with Gasteiger partial charge >= 0.3 is 16.6 Å². The summed E-state index contributed by atoms with van der Waals surface area (Å²) in [5, 5.41) is -2.26. The first-order chi connectivity index (χ1) is 4.63. The molecule has 0 rings (SSSR count). The lowest BCUT2D eigenvalue weighted by molar-refractivity contribution is -0.0557. The van der Waals surface area contributed by atoms with Gasteiger partial charge in [-0.1, -0.05) is 15.5 Å². The molecule has 0 heterocycles. The number of alkyl halides is 3. The SMILES string of the molecule is O=S(=O)(F)N=C(Cl)C(F)(F)F. The molecule has 0 fully saturated rings. The molecule has 0 saturated carbocycles. The highest BCUT2D eigenvalue weighted by atomic mass is 35.5. The Bertz CT molecular complexity index is 266. The standard InChI is InChI=1S/C2ClF4NO2S/c3-1(2(4,5)6)8-11(7,9)10. The van der Waals surface area contributed by atoms with E-state index in [0.29, 0.717) is 0 Å². The van der Waals surface area contributed by atoms with E-state index in [9.17, 15) is 25.5 Å². The Balaban J connectivity index is 4.78. The van der Waals surface area contributed by atoms with Gasteiger partial charge < -0.3 is 0 Å². The molecule has 11 heavy (non-hydrogen) atoms. The minimum absolute atomic E-state index is 1.54. The fourth-order valence-electron chi connectivity index (χ4n) is 0.147. The smallest absolute Gasteiger partial charge is 0.170 e. The summed E-state index contributed by atoms with van der Waals surface area (Å²) < 4.78 is 65.7. The maximum atomic E-state index is 11.4. The highest BCUT2D eigenvalue weighted by molar-refractivity contribution is 7.85. The summed E-state index contributed by atoms with van der Waals surface area (Å²) in [6, 6.07) is 0. The third kappa shape index (κ3) is 4.96. The molecule has 0 aromatic rings. The predicted molar refractivity (Wildman–Crippen MR) is 29.4 cm³/mol. The van der Waals surface area contributed by atoms with Crippen molar-refractivity contribution in [2.75, 3.05) is 0 Å². The van der Waals surface area contributed by atoms with Crippen molar-refractivity contribution in [2.45, 2.75) is 6.18 Å². The molecule has 0 aromatic heterocycles. The van der Waals surface area contributed by atoms with E-state index in [0.717, 1.165) is 0 Å². The fourth-order valence-corrected chi connectivity index (χ4v) is 0.690. The van der Waals surface area contributed by atoms with Crippen LogP contribution in [0.15, 0.2) is 4.40 Å². The van der Waals surface area contributed by atoms with Gasteiger partial charge in [-0.05, 0) is 0 Å². The van der Waals surface area contributed by atoms with Gasteiger partial charge in [0.15, 0.2) is 0 Å². The van der Waals surface area contributed by atoms with Gasteiger partial charge in [-0.15, -0.1) is 4.40 Å². The first kappa shape index (κ1) is 10.6. The van der Waals surface area contributed by atoms with E-state index in [1.54, 1.807) is 4.40 Å². The zero-order valence-corrected chi connectivity index (χ0v) is 6.13. The topological polar surface area (TPSA) is 46.5 Å². The molecule has 0 unspecified atom stereocenters. The predicted octanol–water partition coefficient (Wildman–Crippen LogP) is 1.40. The Morgan fingerprint density at radius 3 is 1.82 bits per heavy atom. The summed E-state index contributed by atoms with van der Waals surface area (Å²) in [4.78, 5) is 0. The lowest BCUT2D eigenvalue weighted by Gasteiger charge is -1.99. The van der Waals surface area contributed by atoms with E-state index in [2.05, 4.69) is 11.6 Å². The second-order valence-corrected chi connectivity index (χ2v) is 2.66. The quantitative estimate of drug-likeness (QED) is 0.376. The van der Waals surface area contributed by atoms with Crippen molar-refractivity contribution in [3.8, 4) is 0 Å². The maximum absolute atomic E-state index is 11.4. The van der Waals surface area contributed by atoms with Crippen LogP contribution in [0.1, 0.15) is 0 Å². The minimum Gasteiger partial charge on any atom is -0.170 e. The van der Waals surface area contributed by atoms with Crippen molar-refractivity contribution < 1.29 is 25.5 Å². The second kappa shape index (κ2) is 2.94. The van der Waals surface area contributed by atoms with E-state index < -0.39 is 21.8 Å². The van der Waals surface area contributed by atoms with E-state index in [1.165, 1.54) is 0 Å². The van der Waals surface area contributed by atoms with Crippen LogP contribution in [0.4, 0.5) is 17.1 Å². The monoisotopic (exact) mass is 213 g/mol. The van der Waals surface area contributed by atoms with Gasteiger partial charge in [-0.3, -0.25) is 0 Å². The lowest BCUT2D eigenvalue weighted by Crippen LogP contribution is -2.17. The zero-order chi connectivity index (χ0) is 9.28. The summed E-state index contributed by atoms with van der Waals surface area (Å²) in [7, 11) is -5.57. The van der Waals surface area contributed by atoms with Gasteiger partial charge in [-0.25, -0.2) is 0 Å². The summed E-state index contributed by atoms with van der Waals surface area (Å²) in [5.74, 6) is 0. The fraction of sp³-hybridized carbons (Fsp3) is 0.500. The minimum atomic E-state index is -5.57. The highest BCUT2D eigenvalue weighted by Crippen LogP contribution is 2.20. The molecular formula is C2ClF4NO2S. The summed E-state index contributed by atoms with van der Waals surface area (Å²) in [6.45, 7) is 0. The van der Waals surface area contributed by atoms with Crippen LogP contribution in [-0.4, -0.2) is 19.8 Å². The second-order valence-electron chi connectivity index (χ2n) is 1.29. The number of halogens is 5. The van der Waals surface area contributed by atoms with Gasteiger partial charge in [0.05, 0.1) is 0 Å². The van der Waals surface area contributed by atoms with Gasteiger partial charge in [0, 0.05) is 0 Å². The molecule has 0 saturated heterocycles. The van der Waals surface area contributed by atoms with Crippen molar-refractivity contribution in [3.05, 3.63) is 0 Å². The van der Waals surface area contributed by atoms with Crippen molar-refractivity contribution in [2.24, 2.45) is 4.40 Å². The summed E-state index contributed by atoms with van der Waals surface area (Å²) >= 11 is 4.25. The molecule has 3 nitrogen and oxygen atoms in total. The maximum Gasteiger partial charge on any atom is 0.445 e. The molecule has 0 radical (unpaired) electrons. The van der Waals surface area contributed by atoms with Gasteiger partial charge in [0.25, 0.3) is 0 Å². The van der Waals surface area contributed by atoms with Crippen LogP contribution in [0.5, 0.6) is 0 Å². The molecule has 66 valence electrons. The lowest BCUT2D eigenvalue weighted by atomic mass is 10.7. The highest BCUT2D eigenvalue weighted by Gasteiger charge is 2.36. The van der Waals surface area contributed by atoms with E-state index in [1.807, 2.05) is 0 Å². The first-order valence-corrected chi connectivity index (χ1v) is 3.62. The Labute approximate surface area is 64.0 Å². The Kier molecular flexibility index (Phi) is 2.84. The molecule has 9 heteroatoms. The Morgan fingerprint density at radius 2 is 1.73 bits per heavy atom. The number of hydrogen-bond donors (Lipinski definition) is 0. The summed E-state index contributed by atoms with van der Waals surface area (Å²) in [6.07, 6.45) is -5.14. The Morgan fingerprint density at radius 1 is 1.36 bits per heavy atom. The first-order valence-electron chi connectivity index (χ1n) is 1.90. The zero-order valence-electron chi connectivity index (χ0n) is 4.56. The molecule has 0 aliphatic carbocycles. The largest absolute Gasteiger partial charge is 0.445 e. The van der Waals surface area contributed by atoms with Crippen LogP contribution in [0.2, 0.25) is 0 Å². The number of rotatable bonds is 1. The molecule has 0 amide bonds. The molecule has 0 aromatic carbocycles. The van der Waals surface area contributed by atoms with Crippen LogP contribution in [0, 0.1) is 0 Å². The van der Waals surface area contributed by atoms with Crippen LogP contribution < -0.4 is 0 Å². The molecule has 0 atom stereocenters. The molecule has 0 aliphatic heterocycles. The molecule has 0 aliphatic rings. The van der Waals surface area contributed by atoms with E-state index in [4.69, 9.17) is 0 Å². The third-order valence-electron chi connectivity index (χ3n) is 0.423. The van der Waals surface area contributed by atoms with Crippen molar-refractivity contribution in [3.63, 3.8) is 0 Å². The van der Waals surface area contributed by atoms with Crippen LogP contribution in [0.25, 0.3) is 0 Å².